The third-order valence-electron chi connectivity index (χ3n) is 2.78. The van der Waals surface area contributed by atoms with Gasteiger partial charge in [-0.25, -0.2) is 4.39 Å². The largest absolute Gasteiger partial charge is 0.494 e. The SMILES string of the molecule is CCOCCC(Cc1cccc(OC)c1F)NN. The topological polar surface area (TPSA) is 56.5 Å². The van der Waals surface area contributed by atoms with Crippen molar-refractivity contribution in [1.29, 1.82) is 0 Å². The van der Waals surface area contributed by atoms with Crippen molar-refractivity contribution < 1.29 is 13.9 Å². The molecule has 0 amide bonds. The highest BCUT2D eigenvalue weighted by Gasteiger charge is 2.13. The maximum Gasteiger partial charge on any atom is 0.168 e. The van der Waals surface area contributed by atoms with Crippen LogP contribution in [0.1, 0.15) is 18.9 Å². The zero-order valence-electron chi connectivity index (χ0n) is 10.9. The highest BCUT2D eigenvalue weighted by molar-refractivity contribution is 5.31. The van der Waals surface area contributed by atoms with Crippen LogP contribution in [0.15, 0.2) is 18.2 Å². The zero-order valence-corrected chi connectivity index (χ0v) is 10.9. The fraction of sp³-hybridized carbons (Fsp3) is 0.538. The maximum absolute atomic E-state index is 13.9. The van der Waals surface area contributed by atoms with Gasteiger partial charge in [-0.2, -0.15) is 0 Å². The van der Waals surface area contributed by atoms with Gasteiger partial charge in [-0.15, -0.1) is 0 Å². The molecule has 0 aromatic heterocycles. The molecule has 3 N–H and O–H groups in total. The first-order valence-corrected chi connectivity index (χ1v) is 6.08. The Labute approximate surface area is 107 Å². The molecule has 18 heavy (non-hydrogen) atoms. The van der Waals surface area contributed by atoms with E-state index in [-0.39, 0.29) is 17.6 Å². The number of methoxy groups -OCH3 is 1. The van der Waals surface area contributed by atoms with Crippen molar-refractivity contribution in [3.05, 3.63) is 29.6 Å². The molecule has 1 unspecified atom stereocenters. The molecule has 4 nitrogen and oxygen atoms in total. The van der Waals surface area contributed by atoms with Crippen LogP contribution in [0.4, 0.5) is 4.39 Å². The highest BCUT2D eigenvalue weighted by Crippen LogP contribution is 2.21. The lowest BCUT2D eigenvalue weighted by atomic mass is 10.0. The van der Waals surface area contributed by atoms with Gasteiger partial charge in [0.25, 0.3) is 0 Å². The Morgan fingerprint density at radius 2 is 2.22 bits per heavy atom. The Morgan fingerprint density at radius 3 is 2.83 bits per heavy atom. The minimum Gasteiger partial charge on any atom is -0.494 e. The number of hydrogen-bond acceptors (Lipinski definition) is 4. The van der Waals surface area contributed by atoms with E-state index in [4.69, 9.17) is 15.3 Å². The Morgan fingerprint density at radius 1 is 1.44 bits per heavy atom. The molecule has 0 aliphatic heterocycles. The van der Waals surface area contributed by atoms with Crippen LogP contribution >= 0.6 is 0 Å². The van der Waals surface area contributed by atoms with E-state index in [1.165, 1.54) is 7.11 Å². The summed E-state index contributed by atoms with van der Waals surface area (Å²) in [5, 5.41) is 0. The number of benzene rings is 1. The number of hydrogen-bond donors (Lipinski definition) is 2. The lowest BCUT2D eigenvalue weighted by Crippen LogP contribution is -2.37. The summed E-state index contributed by atoms with van der Waals surface area (Å²) in [5.41, 5.74) is 3.28. The van der Waals surface area contributed by atoms with E-state index in [0.717, 1.165) is 6.42 Å². The molecular weight excluding hydrogens is 235 g/mol. The molecule has 0 spiro atoms. The zero-order chi connectivity index (χ0) is 13.4. The van der Waals surface area contributed by atoms with E-state index in [0.29, 0.717) is 25.2 Å². The average molecular weight is 256 g/mol. The van der Waals surface area contributed by atoms with Crippen molar-refractivity contribution in [3.8, 4) is 5.75 Å². The van der Waals surface area contributed by atoms with Crippen molar-refractivity contribution in [2.45, 2.75) is 25.8 Å². The van der Waals surface area contributed by atoms with Gasteiger partial charge in [0, 0.05) is 19.3 Å². The molecule has 0 saturated carbocycles. The molecule has 0 fully saturated rings. The van der Waals surface area contributed by atoms with Gasteiger partial charge < -0.3 is 9.47 Å². The second kappa shape index (κ2) is 8.02. The van der Waals surface area contributed by atoms with Gasteiger partial charge in [-0.3, -0.25) is 11.3 Å². The van der Waals surface area contributed by atoms with Gasteiger partial charge in [0.1, 0.15) is 0 Å². The minimum atomic E-state index is -0.323. The molecule has 0 aliphatic carbocycles. The fourth-order valence-corrected chi connectivity index (χ4v) is 1.75. The Balaban J connectivity index is 2.63. The normalized spacial score (nSPS) is 12.4. The summed E-state index contributed by atoms with van der Waals surface area (Å²) in [6.45, 7) is 3.22. The minimum absolute atomic E-state index is 0.0156. The van der Waals surface area contributed by atoms with E-state index < -0.39 is 0 Å². The lowest BCUT2D eigenvalue weighted by molar-refractivity contribution is 0.136. The first-order chi connectivity index (χ1) is 8.72. The van der Waals surface area contributed by atoms with Gasteiger partial charge >= 0.3 is 0 Å². The molecule has 1 aromatic carbocycles. The highest BCUT2D eigenvalue weighted by atomic mass is 19.1. The van der Waals surface area contributed by atoms with Crippen LogP contribution in [0.2, 0.25) is 0 Å². The lowest BCUT2D eigenvalue weighted by Gasteiger charge is -2.16. The standard InChI is InChI=1S/C13H21FN2O2/c1-3-18-8-7-11(16-15)9-10-5-4-6-12(17-2)13(10)14/h4-6,11,16H,3,7-9,15H2,1-2H3. The van der Waals surface area contributed by atoms with Gasteiger partial charge in [0.2, 0.25) is 0 Å². The first-order valence-electron chi connectivity index (χ1n) is 6.08. The Hall–Kier alpha value is -1.17. The van der Waals surface area contributed by atoms with E-state index >= 15 is 0 Å². The summed E-state index contributed by atoms with van der Waals surface area (Å²) in [4.78, 5) is 0. The second-order valence-corrected chi connectivity index (χ2v) is 3.99. The molecule has 102 valence electrons. The smallest absolute Gasteiger partial charge is 0.168 e. The van der Waals surface area contributed by atoms with Crippen molar-refractivity contribution in [2.75, 3.05) is 20.3 Å². The van der Waals surface area contributed by atoms with Crippen LogP contribution < -0.4 is 16.0 Å². The number of nitrogens with two attached hydrogens (primary N) is 1. The molecule has 0 heterocycles. The summed E-state index contributed by atoms with van der Waals surface area (Å²) in [6.07, 6.45) is 1.24. The van der Waals surface area contributed by atoms with Gasteiger partial charge in [-0.1, -0.05) is 12.1 Å². The molecule has 1 atom stereocenters. The molecule has 0 saturated heterocycles. The third-order valence-corrected chi connectivity index (χ3v) is 2.78. The number of nitrogens with one attached hydrogen (secondary N) is 1. The van der Waals surface area contributed by atoms with Crippen LogP contribution in [0, 0.1) is 5.82 Å². The average Bonchev–Trinajstić information content (AvgIpc) is 2.40. The van der Waals surface area contributed by atoms with Crippen molar-refractivity contribution in [3.63, 3.8) is 0 Å². The number of rotatable bonds is 8. The quantitative estimate of drug-likeness (QED) is 0.422. The molecule has 0 radical (unpaired) electrons. The van der Waals surface area contributed by atoms with Gasteiger partial charge in [-0.05, 0) is 31.4 Å². The monoisotopic (exact) mass is 256 g/mol. The van der Waals surface area contributed by atoms with Crippen LogP contribution in [0.3, 0.4) is 0 Å². The summed E-state index contributed by atoms with van der Waals surface area (Å²) in [6, 6.07) is 5.10. The molecule has 0 bridgehead atoms. The fourth-order valence-electron chi connectivity index (χ4n) is 1.75. The first kappa shape index (κ1) is 14.9. The maximum atomic E-state index is 13.9. The molecule has 1 rings (SSSR count). The number of hydrazine groups is 1. The van der Waals surface area contributed by atoms with Gasteiger partial charge in [0.05, 0.1) is 7.11 Å². The summed E-state index contributed by atoms with van der Waals surface area (Å²) >= 11 is 0. The van der Waals surface area contributed by atoms with E-state index in [1.54, 1.807) is 18.2 Å². The van der Waals surface area contributed by atoms with E-state index in [2.05, 4.69) is 5.43 Å². The van der Waals surface area contributed by atoms with Crippen LogP contribution in [-0.4, -0.2) is 26.4 Å². The predicted octanol–water partition coefficient (Wildman–Crippen LogP) is 1.64. The summed E-state index contributed by atoms with van der Waals surface area (Å²) < 4.78 is 24.1. The second-order valence-electron chi connectivity index (χ2n) is 3.99. The Bertz CT molecular complexity index is 361. The van der Waals surface area contributed by atoms with Crippen molar-refractivity contribution >= 4 is 0 Å². The Kier molecular flexibility index (Phi) is 6.64. The summed E-state index contributed by atoms with van der Waals surface area (Å²) in [5.74, 6) is 5.40. The summed E-state index contributed by atoms with van der Waals surface area (Å²) in [7, 11) is 1.45. The van der Waals surface area contributed by atoms with Crippen molar-refractivity contribution in [2.24, 2.45) is 5.84 Å². The number of halogens is 1. The van der Waals surface area contributed by atoms with Crippen LogP contribution in [-0.2, 0) is 11.2 Å². The van der Waals surface area contributed by atoms with E-state index in [9.17, 15) is 4.39 Å². The third kappa shape index (κ3) is 4.25. The molecule has 5 heteroatoms. The molecular formula is C13H21FN2O2. The molecule has 0 aliphatic rings. The predicted molar refractivity (Wildman–Crippen MR) is 68.9 cm³/mol. The van der Waals surface area contributed by atoms with Crippen LogP contribution in [0.25, 0.3) is 0 Å². The number of ether oxygens (including phenoxy) is 2. The van der Waals surface area contributed by atoms with E-state index in [1.807, 2.05) is 6.92 Å². The van der Waals surface area contributed by atoms with Crippen LogP contribution in [0.5, 0.6) is 5.75 Å². The van der Waals surface area contributed by atoms with Gasteiger partial charge in [0.15, 0.2) is 11.6 Å². The van der Waals surface area contributed by atoms with Crippen molar-refractivity contribution in [1.82, 2.24) is 5.43 Å². The molecule has 1 aromatic rings.